The first-order chi connectivity index (χ1) is 14.8. The van der Waals surface area contributed by atoms with Gasteiger partial charge in [-0.2, -0.15) is 4.31 Å². The standard InChI is InChI=1S/C21H20ClN3O5S/c22-17-4-2-1-3-15(17)5-8-21(27)24-9-11-25(12-10-24)31(28,29)16-6-7-19-18(13-16)23-20(26)14-30-19/h1-8,13H,9-12,14H2,(H,23,26). The molecule has 0 atom stereocenters. The van der Waals surface area contributed by atoms with Gasteiger partial charge in [-0.25, -0.2) is 8.42 Å². The maximum atomic E-state index is 13.0. The van der Waals surface area contributed by atoms with Crippen molar-refractivity contribution in [2.24, 2.45) is 0 Å². The van der Waals surface area contributed by atoms with Gasteiger partial charge in [-0.1, -0.05) is 29.8 Å². The van der Waals surface area contributed by atoms with E-state index in [1.54, 1.807) is 17.0 Å². The molecule has 1 fully saturated rings. The highest BCUT2D eigenvalue weighted by molar-refractivity contribution is 7.89. The Morgan fingerprint density at radius 2 is 1.84 bits per heavy atom. The first-order valence-electron chi connectivity index (χ1n) is 9.63. The lowest BCUT2D eigenvalue weighted by atomic mass is 10.2. The van der Waals surface area contributed by atoms with Crippen LogP contribution < -0.4 is 10.1 Å². The summed E-state index contributed by atoms with van der Waals surface area (Å²) in [5.41, 5.74) is 1.07. The number of ether oxygens (including phenoxy) is 1. The van der Waals surface area contributed by atoms with Crippen molar-refractivity contribution in [2.75, 3.05) is 38.1 Å². The smallest absolute Gasteiger partial charge is 0.262 e. The minimum atomic E-state index is -3.77. The van der Waals surface area contributed by atoms with Crippen LogP contribution in [0.4, 0.5) is 5.69 Å². The molecule has 4 rings (SSSR count). The van der Waals surface area contributed by atoms with Gasteiger partial charge in [0.1, 0.15) is 5.75 Å². The molecule has 162 valence electrons. The number of nitrogens with one attached hydrogen (secondary N) is 1. The average molecular weight is 462 g/mol. The Morgan fingerprint density at radius 1 is 1.10 bits per heavy atom. The van der Waals surface area contributed by atoms with Crippen molar-refractivity contribution in [3.63, 3.8) is 0 Å². The second-order valence-corrected chi connectivity index (χ2v) is 9.42. The van der Waals surface area contributed by atoms with Gasteiger partial charge in [0.25, 0.3) is 5.91 Å². The van der Waals surface area contributed by atoms with Crippen molar-refractivity contribution in [1.82, 2.24) is 9.21 Å². The number of piperazine rings is 1. The SMILES string of the molecule is O=C1COc2ccc(S(=O)(=O)N3CCN(C(=O)C=Cc4ccccc4Cl)CC3)cc2N1. The van der Waals surface area contributed by atoms with E-state index >= 15 is 0 Å². The van der Waals surface area contributed by atoms with E-state index in [1.165, 1.54) is 28.6 Å². The first kappa shape index (κ1) is 21.4. The van der Waals surface area contributed by atoms with E-state index in [-0.39, 0.29) is 49.5 Å². The molecule has 2 aliphatic heterocycles. The summed E-state index contributed by atoms with van der Waals surface area (Å²) in [5.74, 6) is -0.107. The van der Waals surface area contributed by atoms with Gasteiger partial charge in [-0.15, -0.1) is 0 Å². The summed E-state index contributed by atoms with van der Waals surface area (Å²) in [4.78, 5) is 25.6. The Balaban J connectivity index is 1.41. The number of hydrogen-bond donors (Lipinski definition) is 1. The van der Waals surface area contributed by atoms with Crippen molar-refractivity contribution >= 4 is 45.2 Å². The molecule has 8 nitrogen and oxygen atoms in total. The number of amides is 2. The van der Waals surface area contributed by atoms with Crippen LogP contribution >= 0.6 is 11.6 Å². The third-order valence-corrected chi connectivity index (χ3v) is 7.32. The lowest BCUT2D eigenvalue weighted by Gasteiger charge is -2.33. The molecular formula is C21H20ClN3O5S. The van der Waals surface area contributed by atoms with Crippen LogP contribution in [0.5, 0.6) is 5.75 Å². The third-order valence-electron chi connectivity index (χ3n) is 5.08. The molecule has 0 aliphatic carbocycles. The molecule has 10 heteroatoms. The van der Waals surface area contributed by atoms with Gasteiger partial charge < -0.3 is 15.0 Å². The number of carbonyl (C=O) groups excluding carboxylic acids is 2. The molecule has 31 heavy (non-hydrogen) atoms. The number of nitrogens with zero attached hydrogens (tertiary/aromatic N) is 2. The van der Waals surface area contributed by atoms with Crippen LogP contribution in [0.15, 0.2) is 53.4 Å². The summed E-state index contributed by atoms with van der Waals surface area (Å²) in [6, 6.07) is 11.6. The lowest BCUT2D eigenvalue weighted by molar-refractivity contribution is -0.127. The molecule has 0 saturated carbocycles. The normalized spacial score (nSPS) is 17.2. The quantitative estimate of drug-likeness (QED) is 0.704. The van der Waals surface area contributed by atoms with Crippen molar-refractivity contribution < 1.29 is 22.7 Å². The maximum absolute atomic E-state index is 13.0. The number of fused-ring (bicyclic) bond motifs is 1. The summed E-state index contributed by atoms with van der Waals surface area (Å²) in [5, 5.41) is 3.16. The van der Waals surface area contributed by atoms with E-state index in [2.05, 4.69) is 5.32 Å². The van der Waals surface area contributed by atoms with E-state index in [0.717, 1.165) is 5.56 Å². The Kier molecular flexibility index (Phi) is 5.99. The number of anilines is 1. The summed E-state index contributed by atoms with van der Waals surface area (Å²) < 4.78 is 32.6. The zero-order valence-corrected chi connectivity index (χ0v) is 18.0. The van der Waals surface area contributed by atoms with Crippen LogP contribution in [0, 0.1) is 0 Å². The minimum Gasteiger partial charge on any atom is -0.482 e. The fourth-order valence-electron chi connectivity index (χ4n) is 3.40. The van der Waals surface area contributed by atoms with Gasteiger partial charge in [0, 0.05) is 37.3 Å². The lowest BCUT2D eigenvalue weighted by Crippen LogP contribution is -2.50. The van der Waals surface area contributed by atoms with Crippen LogP contribution in [-0.2, 0) is 19.6 Å². The summed E-state index contributed by atoms with van der Waals surface area (Å²) in [6.45, 7) is 0.799. The van der Waals surface area contributed by atoms with Gasteiger partial charge in [-0.05, 0) is 35.9 Å². The van der Waals surface area contributed by atoms with E-state index in [0.29, 0.717) is 16.5 Å². The second kappa shape index (κ2) is 8.70. The number of benzene rings is 2. The monoisotopic (exact) mass is 461 g/mol. The van der Waals surface area contributed by atoms with Crippen LogP contribution in [0.3, 0.4) is 0 Å². The van der Waals surface area contributed by atoms with E-state index < -0.39 is 10.0 Å². The zero-order chi connectivity index (χ0) is 22.0. The van der Waals surface area contributed by atoms with Crippen LogP contribution in [0.25, 0.3) is 6.08 Å². The Morgan fingerprint density at radius 3 is 2.58 bits per heavy atom. The Bertz CT molecular complexity index is 1160. The topological polar surface area (TPSA) is 96.0 Å². The van der Waals surface area contributed by atoms with E-state index in [9.17, 15) is 18.0 Å². The molecule has 0 unspecified atom stereocenters. The molecular weight excluding hydrogens is 442 g/mol. The van der Waals surface area contributed by atoms with Gasteiger partial charge in [-0.3, -0.25) is 9.59 Å². The van der Waals surface area contributed by atoms with Gasteiger partial charge in [0.15, 0.2) is 6.61 Å². The Labute approximate surface area is 185 Å². The predicted molar refractivity (Wildman–Crippen MR) is 116 cm³/mol. The molecule has 2 heterocycles. The highest BCUT2D eigenvalue weighted by Crippen LogP contribution is 2.31. The molecule has 0 bridgehead atoms. The molecule has 1 N–H and O–H groups in total. The fourth-order valence-corrected chi connectivity index (χ4v) is 5.05. The summed E-state index contributed by atoms with van der Waals surface area (Å²) in [6.07, 6.45) is 3.09. The molecule has 0 radical (unpaired) electrons. The van der Waals surface area contributed by atoms with Crippen molar-refractivity contribution in [1.29, 1.82) is 0 Å². The van der Waals surface area contributed by atoms with E-state index in [4.69, 9.17) is 16.3 Å². The number of carbonyl (C=O) groups is 2. The molecule has 2 aromatic rings. The number of rotatable bonds is 4. The van der Waals surface area contributed by atoms with Crippen molar-refractivity contribution in [3.05, 3.63) is 59.1 Å². The zero-order valence-electron chi connectivity index (χ0n) is 16.5. The van der Waals surface area contributed by atoms with Crippen LogP contribution in [0.2, 0.25) is 5.02 Å². The van der Waals surface area contributed by atoms with Crippen LogP contribution in [0.1, 0.15) is 5.56 Å². The number of sulfonamides is 1. The van der Waals surface area contributed by atoms with E-state index in [1.807, 2.05) is 18.2 Å². The maximum Gasteiger partial charge on any atom is 0.262 e. The number of hydrogen-bond acceptors (Lipinski definition) is 5. The predicted octanol–water partition coefficient (Wildman–Crippen LogP) is 2.22. The summed E-state index contributed by atoms with van der Waals surface area (Å²) in [7, 11) is -3.77. The molecule has 2 aliphatic rings. The largest absolute Gasteiger partial charge is 0.482 e. The number of halogens is 1. The Hall–Kier alpha value is -2.88. The van der Waals surface area contributed by atoms with Crippen molar-refractivity contribution in [3.8, 4) is 5.75 Å². The summed E-state index contributed by atoms with van der Waals surface area (Å²) >= 11 is 6.09. The van der Waals surface area contributed by atoms with Gasteiger partial charge in [0.05, 0.1) is 10.6 Å². The molecule has 0 spiro atoms. The minimum absolute atomic E-state index is 0.0652. The molecule has 0 aromatic heterocycles. The fraction of sp³-hybridized carbons (Fsp3) is 0.238. The molecule has 2 amide bonds. The van der Waals surface area contributed by atoms with Crippen LogP contribution in [-0.4, -0.2) is 62.2 Å². The second-order valence-electron chi connectivity index (χ2n) is 7.08. The van der Waals surface area contributed by atoms with Gasteiger partial charge >= 0.3 is 0 Å². The molecule has 1 saturated heterocycles. The van der Waals surface area contributed by atoms with Gasteiger partial charge in [0.2, 0.25) is 15.9 Å². The molecule has 2 aromatic carbocycles. The third kappa shape index (κ3) is 4.58. The highest BCUT2D eigenvalue weighted by Gasteiger charge is 2.30. The average Bonchev–Trinajstić information content (AvgIpc) is 2.78. The van der Waals surface area contributed by atoms with Crippen molar-refractivity contribution in [2.45, 2.75) is 4.90 Å². The first-order valence-corrected chi connectivity index (χ1v) is 11.4. The highest BCUT2D eigenvalue weighted by atomic mass is 35.5.